The SMILES string of the molecule is COc1c(Br)cc(C2(CN)CCC2)cc1C(C)C. The second-order valence-electron chi connectivity index (χ2n) is 5.57. The van der Waals surface area contributed by atoms with Gasteiger partial charge < -0.3 is 10.5 Å². The van der Waals surface area contributed by atoms with Crippen molar-refractivity contribution in [3.63, 3.8) is 0 Å². The van der Waals surface area contributed by atoms with E-state index in [1.54, 1.807) is 7.11 Å². The summed E-state index contributed by atoms with van der Waals surface area (Å²) in [5, 5.41) is 0. The number of ether oxygens (including phenoxy) is 1. The van der Waals surface area contributed by atoms with Crippen molar-refractivity contribution in [2.24, 2.45) is 5.73 Å². The number of methoxy groups -OCH3 is 1. The van der Waals surface area contributed by atoms with Crippen LogP contribution in [0, 0.1) is 0 Å². The molecule has 2 rings (SSSR count). The maximum atomic E-state index is 6.00. The van der Waals surface area contributed by atoms with Gasteiger partial charge in [-0.25, -0.2) is 0 Å². The molecule has 0 unspecified atom stereocenters. The normalized spacial score (nSPS) is 17.7. The molecule has 18 heavy (non-hydrogen) atoms. The molecule has 1 aliphatic rings. The number of benzene rings is 1. The summed E-state index contributed by atoms with van der Waals surface area (Å²) in [6.07, 6.45) is 3.71. The molecule has 0 amide bonds. The molecule has 0 bridgehead atoms. The molecule has 0 atom stereocenters. The van der Waals surface area contributed by atoms with Crippen LogP contribution < -0.4 is 10.5 Å². The Morgan fingerprint density at radius 1 is 1.39 bits per heavy atom. The van der Waals surface area contributed by atoms with E-state index in [1.807, 2.05) is 0 Å². The standard InChI is InChI=1S/C15H22BrNO/c1-10(2)12-7-11(8-13(16)14(12)18-3)15(9-17)5-4-6-15/h7-8,10H,4-6,9,17H2,1-3H3. The van der Waals surface area contributed by atoms with Crippen molar-refractivity contribution < 1.29 is 4.74 Å². The molecule has 0 aromatic heterocycles. The van der Waals surface area contributed by atoms with Gasteiger partial charge in [0.1, 0.15) is 5.75 Å². The highest BCUT2D eigenvalue weighted by atomic mass is 79.9. The molecule has 0 saturated heterocycles. The fourth-order valence-electron chi connectivity index (χ4n) is 2.78. The molecule has 2 nitrogen and oxygen atoms in total. The Labute approximate surface area is 118 Å². The van der Waals surface area contributed by atoms with E-state index in [4.69, 9.17) is 10.5 Å². The van der Waals surface area contributed by atoms with Crippen molar-refractivity contribution in [1.82, 2.24) is 0 Å². The maximum Gasteiger partial charge on any atom is 0.136 e. The Hall–Kier alpha value is -0.540. The van der Waals surface area contributed by atoms with Crippen molar-refractivity contribution >= 4 is 15.9 Å². The van der Waals surface area contributed by atoms with Crippen molar-refractivity contribution in [3.8, 4) is 5.75 Å². The summed E-state index contributed by atoms with van der Waals surface area (Å²) in [6.45, 7) is 5.14. The number of rotatable bonds is 4. The molecule has 0 heterocycles. The fourth-order valence-corrected chi connectivity index (χ4v) is 3.42. The van der Waals surface area contributed by atoms with E-state index in [0.717, 1.165) is 16.8 Å². The summed E-state index contributed by atoms with van der Waals surface area (Å²) in [6, 6.07) is 4.48. The average Bonchev–Trinajstić information content (AvgIpc) is 2.27. The number of hydrogen-bond acceptors (Lipinski definition) is 2. The predicted molar refractivity (Wildman–Crippen MR) is 79.4 cm³/mol. The molecule has 1 saturated carbocycles. The molecule has 0 radical (unpaired) electrons. The van der Waals surface area contributed by atoms with Crippen LogP contribution in [0.25, 0.3) is 0 Å². The van der Waals surface area contributed by atoms with Crippen LogP contribution in [0.1, 0.15) is 50.2 Å². The van der Waals surface area contributed by atoms with Gasteiger partial charge in [0.15, 0.2) is 0 Å². The Morgan fingerprint density at radius 2 is 2.06 bits per heavy atom. The van der Waals surface area contributed by atoms with E-state index in [-0.39, 0.29) is 5.41 Å². The zero-order valence-corrected chi connectivity index (χ0v) is 13.0. The average molecular weight is 312 g/mol. The van der Waals surface area contributed by atoms with Gasteiger partial charge in [0, 0.05) is 12.0 Å². The topological polar surface area (TPSA) is 35.2 Å². The van der Waals surface area contributed by atoms with Gasteiger partial charge in [0.2, 0.25) is 0 Å². The molecule has 100 valence electrons. The first-order chi connectivity index (χ1) is 8.54. The Balaban J connectivity index is 2.50. The molecule has 1 fully saturated rings. The van der Waals surface area contributed by atoms with E-state index in [1.165, 1.54) is 30.4 Å². The smallest absolute Gasteiger partial charge is 0.136 e. The van der Waals surface area contributed by atoms with Gasteiger partial charge in [-0.15, -0.1) is 0 Å². The van der Waals surface area contributed by atoms with Gasteiger partial charge >= 0.3 is 0 Å². The fraction of sp³-hybridized carbons (Fsp3) is 0.600. The summed E-state index contributed by atoms with van der Waals surface area (Å²) in [5.74, 6) is 1.41. The summed E-state index contributed by atoms with van der Waals surface area (Å²) < 4.78 is 6.56. The highest BCUT2D eigenvalue weighted by molar-refractivity contribution is 9.10. The molecule has 3 heteroatoms. The summed E-state index contributed by atoms with van der Waals surface area (Å²) in [7, 11) is 1.73. The van der Waals surface area contributed by atoms with Crippen LogP contribution in [0.2, 0.25) is 0 Å². The zero-order valence-electron chi connectivity index (χ0n) is 11.4. The molecular formula is C15H22BrNO. The maximum absolute atomic E-state index is 6.00. The molecule has 1 aromatic rings. The molecule has 0 aliphatic heterocycles. The minimum absolute atomic E-state index is 0.207. The molecule has 1 aliphatic carbocycles. The van der Waals surface area contributed by atoms with Gasteiger partial charge in [-0.1, -0.05) is 26.3 Å². The van der Waals surface area contributed by atoms with Crippen LogP contribution in [0.3, 0.4) is 0 Å². The lowest BCUT2D eigenvalue weighted by atomic mass is 9.64. The van der Waals surface area contributed by atoms with Gasteiger partial charge in [-0.3, -0.25) is 0 Å². The lowest BCUT2D eigenvalue weighted by Crippen LogP contribution is -2.41. The number of nitrogens with two attached hydrogens (primary N) is 1. The Kier molecular flexibility index (Phi) is 4.02. The highest BCUT2D eigenvalue weighted by Gasteiger charge is 2.38. The Bertz CT molecular complexity index is 433. The van der Waals surface area contributed by atoms with Crippen LogP contribution in [0.5, 0.6) is 5.75 Å². The van der Waals surface area contributed by atoms with Crippen LogP contribution >= 0.6 is 15.9 Å². The van der Waals surface area contributed by atoms with Crippen molar-refractivity contribution in [3.05, 3.63) is 27.7 Å². The molecule has 2 N–H and O–H groups in total. The third-order valence-corrected chi connectivity index (χ3v) is 4.80. The van der Waals surface area contributed by atoms with Crippen LogP contribution in [0.15, 0.2) is 16.6 Å². The highest BCUT2D eigenvalue weighted by Crippen LogP contribution is 2.46. The summed E-state index contributed by atoms with van der Waals surface area (Å²) in [5.41, 5.74) is 8.84. The second kappa shape index (κ2) is 5.22. The van der Waals surface area contributed by atoms with Gasteiger partial charge in [0.05, 0.1) is 11.6 Å². The number of hydrogen-bond donors (Lipinski definition) is 1. The minimum Gasteiger partial charge on any atom is -0.495 e. The van der Waals surface area contributed by atoms with Crippen molar-refractivity contribution in [2.75, 3.05) is 13.7 Å². The quantitative estimate of drug-likeness (QED) is 0.913. The van der Waals surface area contributed by atoms with E-state index in [2.05, 4.69) is 41.9 Å². The Morgan fingerprint density at radius 3 is 2.44 bits per heavy atom. The van der Waals surface area contributed by atoms with Crippen LogP contribution in [0.4, 0.5) is 0 Å². The van der Waals surface area contributed by atoms with E-state index < -0.39 is 0 Å². The third-order valence-electron chi connectivity index (χ3n) is 4.21. The van der Waals surface area contributed by atoms with Crippen molar-refractivity contribution in [2.45, 2.75) is 44.4 Å². The monoisotopic (exact) mass is 311 g/mol. The molecule has 0 spiro atoms. The van der Waals surface area contributed by atoms with E-state index in [0.29, 0.717) is 5.92 Å². The first-order valence-electron chi connectivity index (χ1n) is 6.62. The van der Waals surface area contributed by atoms with Crippen LogP contribution in [-0.4, -0.2) is 13.7 Å². The predicted octanol–water partition coefficient (Wildman–Crippen LogP) is 3.96. The molecular weight excluding hydrogens is 290 g/mol. The second-order valence-corrected chi connectivity index (χ2v) is 6.43. The first-order valence-corrected chi connectivity index (χ1v) is 7.41. The summed E-state index contributed by atoms with van der Waals surface area (Å²) >= 11 is 3.64. The lowest BCUT2D eigenvalue weighted by Gasteiger charge is -2.42. The number of halogens is 1. The van der Waals surface area contributed by atoms with Crippen LogP contribution in [-0.2, 0) is 5.41 Å². The minimum atomic E-state index is 0.207. The lowest BCUT2D eigenvalue weighted by molar-refractivity contribution is 0.252. The summed E-state index contributed by atoms with van der Waals surface area (Å²) in [4.78, 5) is 0. The third kappa shape index (κ3) is 2.19. The van der Waals surface area contributed by atoms with E-state index >= 15 is 0 Å². The first kappa shape index (κ1) is 13.9. The van der Waals surface area contributed by atoms with Gasteiger partial charge in [-0.05, 0) is 51.9 Å². The van der Waals surface area contributed by atoms with Gasteiger partial charge in [0.25, 0.3) is 0 Å². The van der Waals surface area contributed by atoms with Gasteiger partial charge in [-0.2, -0.15) is 0 Å². The molecule has 1 aromatic carbocycles. The van der Waals surface area contributed by atoms with E-state index in [9.17, 15) is 0 Å². The largest absolute Gasteiger partial charge is 0.495 e. The zero-order chi connectivity index (χ0) is 13.3. The van der Waals surface area contributed by atoms with Crippen molar-refractivity contribution in [1.29, 1.82) is 0 Å².